The van der Waals surface area contributed by atoms with E-state index < -0.39 is 11.9 Å². The van der Waals surface area contributed by atoms with Crippen LogP contribution in [0.4, 0.5) is 13.2 Å². The average molecular weight is 205 g/mol. The molecule has 0 aliphatic rings. The molecule has 0 saturated carbocycles. The number of hydrogen-bond acceptors (Lipinski definition) is 1. The Morgan fingerprint density at radius 2 is 1.93 bits per heavy atom. The Balaban J connectivity index is 5.12. The van der Waals surface area contributed by atoms with E-state index in [1.54, 1.807) is 0 Å². The molecule has 0 aromatic rings. The van der Waals surface area contributed by atoms with Crippen molar-refractivity contribution >= 4 is 6.72 Å². The van der Waals surface area contributed by atoms with E-state index >= 15 is 0 Å². The van der Waals surface area contributed by atoms with Gasteiger partial charge in [-0.2, -0.15) is 13.2 Å². The lowest BCUT2D eigenvalue weighted by atomic mass is 10.0. The van der Waals surface area contributed by atoms with Crippen LogP contribution in [0, 0.1) is 5.92 Å². The minimum atomic E-state index is -4.44. The average Bonchev–Trinajstić information content (AvgIpc) is 2.00. The van der Waals surface area contributed by atoms with E-state index in [-0.39, 0.29) is 11.5 Å². The zero-order valence-corrected chi connectivity index (χ0v) is 8.36. The van der Waals surface area contributed by atoms with Gasteiger partial charge in [-0.15, -0.1) is 0 Å². The first-order chi connectivity index (χ1) is 6.32. The second-order valence-corrected chi connectivity index (χ2v) is 3.33. The molecule has 14 heavy (non-hydrogen) atoms. The number of aliphatic imine (C=N–C) groups is 1. The van der Waals surface area contributed by atoms with Gasteiger partial charge in [0.15, 0.2) is 0 Å². The zero-order valence-electron chi connectivity index (χ0n) is 8.36. The Labute approximate surface area is 82.0 Å². The van der Waals surface area contributed by atoms with Gasteiger partial charge in [0.2, 0.25) is 0 Å². The van der Waals surface area contributed by atoms with Crippen LogP contribution in [0.15, 0.2) is 28.9 Å². The van der Waals surface area contributed by atoms with Crippen molar-refractivity contribution in [1.29, 1.82) is 0 Å². The third kappa shape index (κ3) is 3.77. The standard InChI is InChI=1S/C10H14F3N/c1-5-8(6-7(2)3)9(14-4)10(11,12)13/h5,7H,1,4,6H2,2-3H3/b9-8+. The van der Waals surface area contributed by atoms with Crippen LogP contribution >= 0.6 is 0 Å². The van der Waals surface area contributed by atoms with Gasteiger partial charge in [-0.25, -0.2) is 0 Å². The first kappa shape index (κ1) is 12.9. The van der Waals surface area contributed by atoms with E-state index in [0.29, 0.717) is 6.42 Å². The fourth-order valence-corrected chi connectivity index (χ4v) is 1.09. The zero-order chi connectivity index (χ0) is 11.4. The molecule has 0 saturated heterocycles. The normalized spacial score (nSPS) is 13.9. The maximum Gasteiger partial charge on any atom is 0.433 e. The molecule has 0 heterocycles. The fourth-order valence-electron chi connectivity index (χ4n) is 1.09. The van der Waals surface area contributed by atoms with Gasteiger partial charge in [-0.05, 0) is 24.6 Å². The summed E-state index contributed by atoms with van der Waals surface area (Å²) in [5.41, 5.74) is -0.830. The van der Waals surface area contributed by atoms with Crippen LogP contribution in [-0.2, 0) is 0 Å². The van der Waals surface area contributed by atoms with E-state index in [2.05, 4.69) is 18.3 Å². The predicted octanol–water partition coefficient (Wildman–Crippen LogP) is 3.74. The maximum atomic E-state index is 12.4. The number of halogens is 3. The summed E-state index contributed by atoms with van der Waals surface area (Å²) in [5.74, 6) is 0.127. The predicted molar refractivity (Wildman–Crippen MR) is 52.3 cm³/mol. The topological polar surface area (TPSA) is 12.4 Å². The van der Waals surface area contributed by atoms with E-state index in [4.69, 9.17) is 0 Å². The molecule has 0 fully saturated rings. The van der Waals surface area contributed by atoms with Gasteiger partial charge in [0.05, 0.1) is 0 Å². The number of rotatable bonds is 4. The Bertz CT molecular complexity index is 249. The van der Waals surface area contributed by atoms with Crippen molar-refractivity contribution in [2.24, 2.45) is 10.9 Å². The molecule has 0 atom stereocenters. The van der Waals surface area contributed by atoms with Crippen LogP contribution in [0.3, 0.4) is 0 Å². The smallest absolute Gasteiger partial charge is 0.259 e. The molecule has 0 aromatic heterocycles. The van der Waals surface area contributed by atoms with Gasteiger partial charge in [0.25, 0.3) is 0 Å². The molecule has 0 aliphatic carbocycles. The van der Waals surface area contributed by atoms with Gasteiger partial charge in [-0.3, -0.25) is 4.99 Å². The summed E-state index contributed by atoms with van der Waals surface area (Å²) in [4.78, 5) is 3.02. The SMILES string of the molecule is C=C/C(CC(C)C)=C(\N=C)C(F)(F)F. The number of alkyl halides is 3. The largest absolute Gasteiger partial charge is 0.433 e. The minimum Gasteiger partial charge on any atom is -0.259 e. The summed E-state index contributed by atoms with van der Waals surface area (Å²) < 4.78 is 37.1. The maximum absolute atomic E-state index is 12.4. The summed E-state index contributed by atoms with van der Waals surface area (Å²) >= 11 is 0. The Kier molecular flexibility index (Phi) is 4.60. The van der Waals surface area contributed by atoms with Crippen molar-refractivity contribution in [1.82, 2.24) is 0 Å². The Hall–Kier alpha value is -1.06. The van der Waals surface area contributed by atoms with Crippen molar-refractivity contribution in [3.05, 3.63) is 23.9 Å². The number of hydrogen-bond donors (Lipinski definition) is 0. The summed E-state index contributed by atoms with van der Waals surface area (Å²) in [6, 6.07) is 0. The van der Waals surface area contributed by atoms with Gasteiger partial charge in [-0.1, -0.05) is 26.5 Å². The first-order valence-corrected chi connectivity index (χ1v) is 4.22. The first-order valence-electron chi connectivity index (χ1n) is 4.22. The van der Waals surface area contributed by atoms with Gasteiger partial charge in [0, 0.05) is 0 Å². The molecule has 0 unspecified atom stereocenters. The molecular formula is C10H14F3N. The third-order valence-corrected chi connectivity index (χ3v) is 1.61. The molecule has 0 aromatic carbocycles. The molecule has 4 heteroatoms. The molecule has 0 amide bonds. The summed E-state index contributed by atoms with van der Waals surface area (Å²) in [5, 5.41) is 0. The van der Waals surface area contributed by atoms with Crippen molar-refractivity contribution in [2.45, 2.75) is 26.4 Å². The fraction of sp³-hybridized carbons (Fsp3) is 0.500. The van der Waals surface area contributed by atoms with Crippen LogP contribution < -0.4 is 0 Å². The molecule has 0 bridgehead atoms. The number of allylic oxidation sites excluding steroid dienone is 3. The molecule has 0 radical (unpaired) electrons. The van der Waals surface area contributed by atoms with Crippen molar-refractivity contribution in [3.8, 4) is 0 Å². The summed E-state index contributed by atoms with van der Waals surface area (Å²) in [7, 11) is 0. The lowest BCUT2D eigenvalue weighted by Gasteiger charge is -2.12. The third-order valence-electron chi connectivity index (χ3n) is 1.61. The molecule has 1 nitrogen and oxygen atoms in total. The van der Waals surface area contributed by atoms with Crippen LogP contribution in [0.25, 0.3) is 0 Å². The van der Waals surface area contributed by atoms with Gasteiger partial charge < -0.3 is 0 Å². The van der Waals surface area contributed by atoms with Crippen LogP contribution in [0.1, 0.15) is 20.3 Å². The van der Waals surface area contributed by atoms with E-state index in [1.165, 1.54) is 6.08 Å². The second-order valence-electron chi connectivity index (χ2n) is 3.33. The number of nitrogens with zero attached hydrogens (tertiary/aromatic N) is 1. The molecule has 0 aliphatic heterocycles. The molecule has 0 spiro atoms. The Morgan fingerprint density at radius 1 is 1.43 bits per heavy atom. The summed E-state index contributed by atoms with van der Waals surface area (Å²) in [6.45, 7) is 9.95. The lowest BCUT2D eigenvalue weighted by Crippen LogP contribution is -2.13. The summed E-state index contributed by atoms with van der Waals surface area (Å²) in [6.07, 6.45) is -2.95. The van der Waals surface area contributed by atoms with E-state index in [1.807, 2.05) is 13.8 Å². The Morgan fingerprint density at radius 3 is 2.14 bits per heavy atom. The van der Waals surface area contributed by atoms with Gasteiger partial charge in [0.1, 0.15) is 5.70 Å². The quantitative estimate of drug-likeness (QED) is 0.489. The van der Waals surface area contributed by atoms with Crippen LogP contribution in [-0.4, -0.2) is 12.9 Å². The van der Waals surface area contributed by atoms with Crippen molar-refractivity contribution < 1.29 is 13.2 Å². The highest BCUT2D eigenvalue weighted by molar-refractivity contribution is 5.36. The minimum absolute atomic E-state index is 0.0995. The molecule has 80 valence electrons. The molecule has 0 rings (SSSR count). The van der Waals surface area contributed by atoms with Crippen molar-refractivity contribution in [3.63, 3.8) is 0 Å². The van der Waals surface area contributed by atoms with E-state index in [9.17, 15) is 13.2 Å². The van der Waals surface area contributed by atoms with Gasteiger partial charge >= 0.3 is 6.18 Å². The highest BCUT2D eigenvalue weighted by atomic mass is 19.4. The van der Waals surface area contributed by atoms with Crippen molar-refractivity contribution in [2.75, 3.05) is 0 Å². The molecule has 0 N–H and O–H groups in total. The lowest BCUT2D eigenvalue weighted by molar-refractivity contribution is -0.0930. The highest BCUT2D eigenvalue weighted by Crippen LogP contribution is 2.31. The monoisotopic (exact) mass is 205 g/mol. The highest BCUT2D eigenvalue weighted by Gasteiger charge is 2.35. The molecular weight excluding hydrogens is 191 g/mol. The van der Waals surface area contributed by atoms with E-state index in [0.717, 1.165) is 0 Å². The van der Waals surface area contributed by atoms with Crippen LogP contribution in [0.5, 0.6) is 0 Å². The second kappa shape index (κ2) is 4.98. The van der Waals surface area contributed by atoms with Crippen LogP contribution in [0.2, 0.25) is 0 Å².